The summed E-state index contributed by atoms with van der Waals surface area (Å²) in [6.07, 6.45) is 8.22. The first-order valence-corrected chi connectivity index (χ1v) is 5.27. The summed E-state index contributed by atoms with van der Waals surface area (Å²) in [6.45, 7) is 1.10. The Bertz CT molecular complexity index is 146. The molecule has 2 fully saturated rings. The lowest BCUT2D eigenvalue weighted by molar-refractivity contribution is -0.000746. The monoisotopic (exact) mass is 169 g/mol. The molecule has 12 heavy (non-hydrogen) atoms. The van der Waals surface area contributed by atoms with Gasteiger partial charge in [-0.2, -0.15) is 0 Å². The average molecular weight is 169 g/mol. The zero-order valence-electron chi connectivity index (χ0n) is 7.68. The average Bonchev–Trinajstić information content (AvgIpc) is 2.55. The van der Waals surface area contributed by atoms with E-state index in [-0.39, 0.29) is 5.60 Å². The van der Waals surface area contributed by atoms with Gasteiger partial charge in [0.05, 0.1) is 5.60 Å². The lowest BCUT2D eigenvalue weighted by atomic mass is 9.86. The van der Waals surface area contributed by atoms with Crippen LogP contribution in [-0.4, -0.2) is 23.3 Å². The molecule has 1 aliphatic heterocycles. The Balaban J connectivity index is 1.96. The molecule has 2 aliphatic rings. The van der Waals surface area contributed by atoms with Crippen molar-refractivity contribution in [3.8, 4) is 0 Å². The van der Waals surface area contributed by atoms with Crippen LogP contribution in [0.5, 0.6) is 0 Å². The highest BCUT2D eigenvalue weighted by atomic mass is 16.3. The molecule has 1 saturated carbocycles. The van der Waals surface area contributed by atoms with E-state index in [1.54, 1.807) is 0 Å². The van der Waals surface area contributed by atoms with E-state index in [9.17, 15) is 5.11 Å². The molecule has 0 radical (unpaired) electrons. The summed E-state index contributed by atoms with van der Waals surface area (Å²) in [7, 11) is 0. The summed E-state index contributed by atoms with van der Waals surface area (Å²) < 4.78 is 0. The Morgan fingerprint density at radius 2 is 1.83 bits per heavy atom. The van der Waals surface area contributed by atoms with Crippen LogP contribution >= 0.6 is 0 Å². The van der Waals surface area contributed by atoms with E-state index in [4.69, 9.17) is 0 Å². The molecule has 1 unspecified atom stereocenters. The summed E-state index contributed by atoms with van der Waals surface area (Å²) in [4.78, 5) is 0. The molecule has 1 heterocycles. The van der Waals surface area contributed by atoms with Gasteiger partial charge in [-0.15, -0.1) is 0 Å². The van der Waals surface area contributed by atoms with Crippen LogP contribution in [-0.2, 0) is 0 Å². The largest absolute Gasteiger partial charge is 0.388 e. The Kier molecular flexibility index (Phi) is 2.37. The molecule has 2 nitrogen and oxygen atoms in total. The van der Waals surface area contributed by atoms with Gasteiger partial charge < -0.3 is 10.4 Å². The van der Waals surface area contributed by atoms with Gasteiger partial charge in [-0.25, -0.2) is 0 Å². The van der Waals surface area contributed by atoms with Crippen molar-refractivity contribution in [3.63, 3.8) is 0 Å². The van der Waals surface area contributed by atoms with Crippen LogP contribution in [0, 0.1) is 0 Å². The van der Waals surface area contributed by atoms with E-state index in [1.807, 2.05) is 0 Å². The Morgan fingerprint density at radius 3 is 2.42 bits per heavy atom. The first-order valence-electron chi connectivity index (χ1n) is 5.27. The molecule has 0 bridgehead atoms. The van der Waals surface area contributed by atoms with Crippen molar-refractivity contribution < 1.29 is 5.11 Å². The minimum atomic E-state index is -0.347. The minimum absolute atomic E-state index is 0.347. The molecule has 1 aliphatic carbocycles. The van der Waals surface area contributed by atoms with Crippen LogP contribution in [0.15, 0.2) is 0 Å². The fourth-order valence-corrected chi connectivity index (χ4v) is 2.65. The summed E-state index contributed by atoms with van der Waals surface area (Å²) in [5, 5.41) is 13.7. The highest BCUT2D eigenvalue weighted by Gasteiger charge is 2.39. The molecule has 0 amide bonds. The standard InChI is InChI=1S/C10H19NO/c12-10(6-2-3-7-10)9-5-1-4-8-11-9/h9,11-12H,1-8H2. The topological polar surface area (TPSA) is 32.3 Å². The predicted molar refractivity (Wildman–Crippen MR) is 49.1 cm³/mol. The van der Waals surface area contributed by atoms with Gasteiger partial charge in [0.25, 0.3) is 0 Å². The summed E-state index contributed by atoms with van der Waals surface area (Å²) in [5.41, 5.74) is -0.347. The zero-order valence-corrected chi connectivity index (χ0v) is 7.68. The van der Waals surface area contributed by atoms with Gasteiger partial charge in [-0.05, 0) is 32.2 Å². The fourth-order valence-electron chi connectivity index (χ4n) is 2.65. The fraction of sp³-hybridized carbons (Fsp3) is 1.00. The number of rotatable bonds is 1. The molecule has 1 atom stereocenters. The van der Waals surface area contributed by atoms with E-state index in [0.717, 1.165) is 19.4 Å². The molecule has 0 spiro atoms. The third-order valence-electron chi connectivity index (χ3n) is 3.43. The van der Waals surface area contributed by atoms with E-state index < -0.39 is 0 Å². The highest BCUT2D eigenvalue weighted by molar-refractivity contribution is 4.96. The van der Waals surface area contributed by atoms with Crippen LogP contribution in [0.4, 0.5) is 0 Å². The maximum Gasteiger partial charge on any atom is 0.0800 e. The maximum absolute atomic E-state index is 10.3. The number of aliphatic hydroxyl groups is 1. The predicted octanol–water partition coefficient (Wildman–Crippen LogP) is 1.43. The van der Waals surface area contributed by atoms with Crippen molar-refractivity contribution >= 4 is 0 Å². The van der Waals surface area contributed by atoms with Crippen LogP contribution in [0.1, 0.15) is 44.9 Å². The van der Waals surface area contributed by atoms with E-state index in [2.05, 4.69) is 5.32 Å². The van der Waals surface area contributed by atoms with Crippen molar-refractivity contribution in [2.45, 2.75) is 56.6 Å². The lowest BCUT2D eigenvalue weighted by Gasteiger charge is -2.36. The van der Waals surface area contributed by atoms with Gasteiger partial charge in [0.1, 0.15) is 0 Å². The van der Waals surface area contributed by atoms with Crippen molar-refractivity contribution in [1.82, 2.24) is 5.32 Å². The van der Waals surface area contributed by atoms with Crippen molar-refractivity contribution in [3.05, 3.63) is 0 Å². The maximum atomic E-state index is 10.3. The van der Waals surface area contributed by atoms with Crippen molar-refractivity contribution in [1.29, 1.82) is 0 Å². The Morgan fingerprint density at radius 1 is 1.08 bits per heavy atom. The molecule has 0 aromatic carbocycles. The zero-order chi connectivity index (χ0) is 8.44. The Hall–Kier alpha value is -0.0800. The van der Waals surface area contributed by atoms with Gasteiger partial charge in [0.15, 0.2) is 0 Å². The van der Waals surface area contributed by atoms with Gasteiger partial charge in [0, 0.05) is 6.04 Å². The molecular formula is C10H19NO. The minimum Gasteiger partial charge on any atom is -0.388 e. The molecular weight excluding hydrogens is 150 g/mol. The SMILES string of the molecule is OC1(C2CCCCN2)CCCC1. The Labute approximate surface area is 74.4 Å². The van der Waals surface area contributed by atoms with Crippen LogP contribution in [0.2, 0.25) is 0 Å². The third-order valence-corrected chi connectivity index (χ3v) is 3.43. The van der Waals surface area contributed by atoms with Gasteiger partial charge >= 0.3 is 0 Å². The second kappa shape index (κ2) is 3.35. The molecule has 2 N–H and O–H groups in total. The second-order valence-corrected chi connectivity index (χ2v) is 4.31. The number of hydrogen-bond acceptors (Lipinski definition) is 2. The van der Waals surface area contributed by atoms with Crippen molar-refractivity contribution in [2.24, 2.45) is 0 Å². The third kappa shape index (κ3) is 1.50. The first-order chi connectivity index (χ1) is 5.81. The van der Waals surface area contributed by atoms with Crippen LogP contribution in [0.25, 0.3) is 0 Å². The lowest BCUT2D eigenvalue weighted by Crippen LogP contribution is -2.51. The first kappa shape index (κ1) is 8.52. The molecule has 70 valence electrons. The van der Waals surface area contributed by atoms with E-state index >= 15 is 0 Å². The number of nitrogens with one attached hydrogen (secondary N) is 1. The highest BCUT2D eigenvalue weighted by Crippen LogP contribution is 2.35. The van der Waals surface area contributed by atoms with E-state index in [1.165, 1.54) is 32.1 Å². The normalized spacial score (nSPS) is 35.2. The summed E-state index contributed by atoms with van der Waals surface area (Å²) >= 11 is 0. The van der Waals surface area contributed by atoms with Crippen LogP contribution in [0.3, 0.4) is 0 Å². The van der Waals surface area contributed by atoms with Gasteiger partial charge in [-0.1, -0.05) is 19.3 Å². The summed E-state index contributed by atoms with van der Waals surface area (Å²) in [6, 6.07) is 0.397. The molecule has 0 aromatic rings. The smallest absolute Gasteiger partial charge is 0.0800 e. The summed E-state index contributed by atoms with van der Waals surface area (Å²) in [5.74, 6) is 0. The molecule has 2 rings (SSSR count). The van der Waals surface area contributed by atoms with Crippen LogP contribution < -0.4 is 5.32 Å². The number of hydrogen-bond donors (Lipinski definition) is 2. The van der Waals surface area contributed by atoms with Crippen molar-refractivity contribution in [2.75, 3.05) is 6.54 Å². The van der Waals surface area contributed by atoms with E-state index in [0.29, 0.717) is 6.04 Å². The molecule has 2 heteroatoms. The van der Waals surface area contributed by atoms with Gasteiger partial charge in [0.2, 0.25) is 0 Å². The van der Waals surface area contributed by atoms with Gasteiger partial charge in [-0.3, -0.25) is 0 Å². The second-order valence-electron chi connectivity index (χ2n) is 4.31. The molecule has 0 aromatic heterocycles. The number of piperidine rings is 1. The molecule has 1 saturated heterocycles. The quantitative estimate of drug-likeness (QED) is 0.622.